The molecular formula is C23H29N5O3. The van der Waals surface area contributed by atoms with E-state index in [1.54, 1.807) is 18.3 Å². The van der Waals surface area contributed by atoms with E-state index in [9.17, 15) is 9.59 Å². The lowest BCUT2D eigenvalue weighted by molar-refractivity contribution is -0.0375. The number of hydrogen-bond acceptors (Lipinski definition) is 5. The van der Waals surface area contributed by atoms with Crippen molar-refractivity contribution in [1.29, 1.82) is 0 Å². The first-order valence-corrected chi connectivity index (χ1v) is 11.7. The highest BCUT2D eigenvalue weighted by Gasteiger charge is 2.46. The Bertz CT molecular complexity index is 1020. The second-order valence-electron chi connectivity index (χ2n) is 9.89. The molecular weight excluding hydrogens is 394 g/mol. The van der Waals surface area contributed by atoms with Crippen molar-refractivity contribution in [2.45, 2.75) is 56.6 Å². The van der Waals surface area contributed by atoms with Crippen LogP contribution in [0, 0.1) is 17.8 Å². The fraction of sp³-hybridized carbons (Fsp3) is 0.652. The monoisotopic (exact) mass is 423 g/mol. The van der Waals surface area contributed by atoms with Gasteiger partial charge in [0.15, 0.2) is 0 Å². The normalized spacial score (nSPS) is 30.4. The van der Waals surface area contributed by atoms with Crippen LogP contribution in [0.2, 0.25) is 0 Å². The number of aromatic amines is 1. The molecule has 0 unspecified atom stereocenters. The molecule has 1 saturated heterocycles. The Morgan fingerprint density at radius 1 is 1.16 bits per heavy atom. The second kappa shape index (κ2) is 7.58. The van der Waals surface area contributed by atoms with Crippen molar-refractivity contribution in [1.82, 2.24) is 24.9 Å². The number of rotatable bonds is 6. The summed E-state index contributed by atoms with van der Waals surface area (Å²) < 4.78 is 8.46. The minimum Gasteiger partial charge on any atom is -0.376 e. The Balaban J connectivity index is 1.20. The van der Waals surface area contributed by atoms with Crippen molar-refractivity contribution in [3.63, 3.8) is 0 Å². The van der Waals surface area contributed by atoms with Crippen LogP contribution in [-0.4, -0.2) is 56.6 Å². The van der Waals surface area contributed by atoms with Gasteiger partial charge in [-0.05, 0) is 68.4 Å². The Kier molecular flexibility index (Phi) is 4.70. The van der Waals surface area contributed by atoms with Crippen molar-refractivity contribution in [2.75, 3.05) is 19.7 Å². The first-order chi connectivity index (χ1) is 15.2. The summed E-state index contributed by atoms with van der Waals surface area (Å²) in [6.45, 7) is 2.21. The van der Waals surface area contributed by atoms with Crippen molar-refractivity contribution < 1.29 is 9.53 Å². The fourth-order valence-electron chi connectivity index (χ4n) is 5.34. The summed E-state index contributed by atoms with van der Waals surface area (Å²) in [6.07, 6.45) is 10.6. The number of nitrogens with one attached hydrogen (secondary N) is 1. The number of hydrogen-bond donors (Lipinski definition) is 1. The molecule has 2 aromatic heterocycles. The lowest BCUT2D eigenvalue weighted by Crippen LogP contribution is -2.38. The molecule has 1 aliphatic heterocycles. The summed E-state index contributed by atoms with van der Waals surface area (Å²) in [5, 5.41) is 8.91. The largest absolute Gasteiger partial charge is 0.376 e. The summed E-state index contributed by atoms with van der Waals surface area (Å²) in [5.41, 5.74) is 1.01. The molecule has 4 aliphatic rings. The first-order valence-electron chi connectivity index (χ1n) is 11.7. The van der Waals surface area contributed by atoms with Gasteiger partial charge < -0.3 is 14.6 Å². The maximum atomic E-state index is 13.0. The quantitative estimate of drug-likeness (QED) is 0.770. The van der Waals surface area contributed by atoms with Gasteiger partial charge in [0, 0.05) is 38.0 Å². The van der Waals surface area contributed by atoms with Crippen molar-refractivity contribution in [3.05, 3.63) is 46.1 Å². The average molecular weight is 424 g/mol. The van der Waals surface area contributed by atoms with Crippen molar-refractivity contribution in [2.24, 2.45) is 17.8 Å². The highest BCUT2D eigenvalue weighted by Crippen LogP contribution is 2.44. The zero-order valence-electron chi connectivity index (χ0n) is 17.7. The van der Waals surface area contributed by atoms with E-state index in [-0.39, 0.29) is 29.2 Å². The van der Waals surface area contributed by atoms with Gasteiger partial charge in [0.05, 0.1) is 17.8 Å². The zero-order chi connectivity index (χ0) is 20.9. The Morgan fingerprint density at radius 3 is 2.71 bits per heavy atom. The number of amides is 1. The molecule has 0 aromatic carbocycles. The van der Waals surface area contributed by atoms with Gasteiger partial charge in [-0.2, -0.15) is 0 Å². The molecule has 0 bridgehead atoms. The van der Waals surface area contributed by atoms with Crippen LogP contribution in [0.1, 0.15) is 66.5 Å². The Morgan fingerprint density at radius 2 is 1.97 bits per heavy atom. The van der Waals surface area contributed by atoms with Gasteiger partial charge in [-0.25, -0.2) is 4.68 Å². The van der Waals surface area contributed by atoms with Gasteiger partial charge >= 0.3 is 0 Å². The number of aromatic nitrogens is 4. The number of H-pyrrole nitrogens is 1. The minimum atomic E-state index is -0.318. The van der Waals surface area contributed by atoms with Gasteiger partial charge in [-0.15, -0.1) is 5.10 Å². The number of nitrogens with zero attached hydrogens (tertiary/aromatic N) is 4. The van der Waals surface area contributed by atoms with Gasteiger partial charge in [0.2, 0.25) is 0 Å². The van der Waals surface area contributed by atoms with E-state index in [4.69, 9.17) is 4.74 Å². The number of likely N-dealkylation sites (tertiary alicyclic amines) is 1. The third kappa shape index (κ3) is 3.82. The standard InChI is InChI=1S/C23H29N5O3/c29-22-18(2-1-7-24-22)23(30)27-10-16-8-20(28-12-19(25-26-28)15-5-6-15)21(9-17(16)11-27)31-13-14-3-4-14/h1-2,7,12,14-17,20-21H,3-6,8-11,13H2,(H,24,29)/t16-,17+,20-,21-/m1/s1. The lowest BCUT2D eigenvalue weighted by atomic mass is 9.77. The molecule has 4 fully saturated rings. The van der Waals surface area contributed by atoms with Crippen LogP contribution >= 0.6 is 0 Å². The van der Waals surface area contributed by atoms with Crippen LogP contribution in [0.25, 0.3) is 0 Å². The highest BCUT2D eigenvalue weighted by molar-refractivity contribution is 5.94. The summed E-state index contributed by atoms with van der Waals surface area (Å²) in [6, 6.07) is 3.48. The summed E-state index contributed by atoms with van der Waals surface area (Å²) in [4.78, 5) is 29.6. The molecule has 4 atom stereocenters. The van der Waals surface area contributed by atoms with Gasteiger partial charge in [0.1, 0.15) is 5.56 Å². The van der Waals surface area contributed by atoms with Crippen molar-refractivity contribution >= 4 is 5.91 Å². The van der Waals surface area contributed by atoms with Crippen LogP contribution in [0.4, 0.5) is 0 Å². The maximum absolute atomic E-state index is 13.0. The van der Waals surface area contributed by atoms with E-state index in [1.807, 2.05) is 9.58 Å². The molecule has 164 valence electrons. The van der Waals surface area contributed by atoms with E-state index in [1.165, 1.54) is 25.7 Å². The molecule has 0 radical (unpaired) electrons. The zero-order valence-corrected chi connectivity index (χ0v) is 17.7. The van der Waals surface area contributed by atoms with E-state index in [0.717, 1.165) is 25.1 Å². The van der Waals surface area contributed by atoms with Crippen LogP contribution in [0.5, 0.6) is 0 Å². The van der Waals surface area contributed by atoms with Crippen LogP contribution < -0.4 is 5.56 Å². The molecule has 1 amide bonds. The van der Waals surface area contributed by atoms with E-state index >= 15 is 0 Å². The number of carbonyl (C=O) groups excluding carboxylic acids is 1. The third-order valence-corrected chi connectivity index (χ3v) is 7.53. The average Bonchev–Trinajstić information content (AvgIpc) is 3.71. The SMILES string of the molecule is O=C(c1ccc[nH]c1=O)N1C[C@H]2C[C@@H](n3cc(C4CC4)nn3)[C@H](OCC3CC3)C[C@H]2C1. The van der Waals surface area contributed by atoms with E-state index in [0.29, 0.717) is 36.8 Å². The van der Waals surface area contributed by atoms with Crippen LogP contribution in [-0.2, 0) is 4.74 Å². The molecule has 0 spiro atoms. The molecule has 2 aromatic rings. The molecule has 6 rings (SSSR count). The van der Waals surface area contributed by atoms with Crippen molar-refractivity contribution in [3.8, 4) is 0 Å². The van der Waals surface area contributed by atoms with Crippen LogP contribution in [0.15, 0.2) is 29.3 Å². The Labute approximate surface area is 181 Å². The van der Waals surface area contributed by atoms with Gasteiger partial charge in [-0.3, -0.25) is 9.59 Å². The number of carbonyl (C=O) groups is 1. The predicted molar refractivity (Wildman–Crippen MR) is 113 cm³/mol. The second-order valence-corrected chi connectivity index (χ2v) is 9.89. The topological polar surface area (TPSA) is 93.1 Å². The lowest BCUT2D eigenvalue weighted by Gasteiger charge is -2.37. The maximum Gasteiger partial charge on any atom is 0.260 e. The molecule has 3 saturated carbocycles. The summed E-state index contributed by atoms with van der Waals surface area (Å²) >= 11 is 0. The minimum absolute atomic E-state index is 0.103. The molecule has 31 heavy (non-hydrogen) atoms. The number of pyridine rings is 1. The van der Waals surface area contributed by atoms with E-state index in [2.05, 4.69) is 21.5 Å². The number of ether oxygens (including phenoxy) is 1. The smallest absolute Gasteiger partial charge is 0.260 e. The van der Waals surface area contributed by atoms with Gasteiger partial charge in [0.25, 0.3) is 11.5 Å². The van der Waals surface area contributed by atoms with E-state index < -0.39 is 0 Å². The molecule has 8 nitrogen and oxygen atoms in total. The number of fused-ring (bicyclic) bond motifs is 1. The molecule has 8 heteroatoms. The Hall–Kier alpha value is -2.48. The summed E-state index contributed by atoms with van der Waals surface area (Å²) in [5.74, 6) is 1.92. The van der Waals surface area contributed by atoms with Crippen LogP contribution in [0.3, 0.4) is 0 Å². The first kappa shape index (κ1) is 19.2. The van der Waals surface area contributed by atoms with Gasteiger partial charge in [-0.1, -0.05) is 5.21 Å². The molecule has 1 N–H and O–H groups in total. The third-order valence-electron chi connectivity index (χ3n) is 7.53. The predicted octanol–water partition coefficient (Wildman–Crippen LogP) is 2.36. The highest BCUT2D eigenvalue weighted by atomic mass is 16.5. The fourth-order valence-corrected chi connectivity index (χ4v) is 5.34. The molecule has 3 aliphatic carbocycles. The summed E-state index contributed by atoms with van der Waals surface area (Å²) in [7, 11) is 0. The molecule has 3 heterocycles.